The first-order valence-corrected chi connectivity index (χ1v) is 6.11. The predicted octanol–water partition coefficient (Wildman–Crippen LogP) is 2.61. The Hall–Kier alpha value is -0.870. The van der Waals surface area contributed by atoms with Gasteiger partial charge in [0.1, 0.15) is 0 Å². The van der Waals surface area contributed by atoms with Crippen molar-refractivity contribution >= 4 is 27.5 Å². The molecule has 1 aromatic carbocycles. The van der Waals surface area contributed by atoms with E-state index in [2.05, 4.69) is 26.6 Å². The van der Waals surface area contributed by atoms with E-state index in [0.717, 1.165) is 27.8 Å². The number of anilines is 1. The molecule has 0 aliphatic carbocycles. The molecular formula is C12H17BrN2O. The van der Waals surface area contributed by atoms with Crippen molar-refractivity contribution in [3.63, 3.8) is 0 Å². The highest BCUT2D eigenvalue weighted by Gasteiger charge is 2.07. The zero-order chi connectivity index (χ0) is 12.1. The van der Waals surface area contributed by atoms with Crippen LogP contribution in [-0.2, 0) is 4.79 Å². The Morgan fingerprint density at radius 3 is 2.38 bits per heavy atom. The Balaban J connectivity index is 2.77. The number of carbonyl (C=O) groups excluding carboxylic acids is 1. The number of amides is 1. The van der Waals surface area contributed by atoms with Gasteiger partial charge in [-0.3, -0.25) is 4.79 Å². The average Bonchev–Trinajstić information content (AvgIpc) is 2.20. The van der Waals surface area contributed by atoms with Crippen LogP contribution in [0.2, 0.25) is 0 Å². The number of carbonyl (C=O) groups is 1. The Labute approximate surface area is 105 Å². The van der Waals surface area contributed by atoms with Gasteiger partial charge in [0.05, 0.1) is 6.54 Å². The third-order valence-corrected chi connectivity index (χ3v) is 2.76. The average molecular weight is 285 g/mol. The number of rotatable bonds is 4. The molecule has 0 unspecified atom stereocenters. The van der Waals surface area contributed by atoms with Gasteiger partial charge in [-0.05, 0) is 43.7 Å². The lowest BCUT2D eigenvalue weighted by atomic mass is 10.1. The molecule has 4 heteroatoms. The fourth-order valence-electron chi connectivity index (χ4n) is 1.53. The standard InChI is InChI=1S/C12H17BrN2O/c1-4-14-7-11(16)15-12-8(2)5-10(13)6-9(12)3/h5-6,14H,4,7H2,1-3H3,(H,15,16). The molecule has 0 atom stereocenters. The van der Waals surface area contributed by atoms with Crippen molar-refractivity contribution in [2.24, 2.45) is 0 Å². The second-order valence-electron chi connectivity index (χ2n) is 3.74. The molecule has 88 valence electrons. The summed E-state index contributed by atoms with van der Waals surface area (Å²) in [4.78, 5) is 11.6. The van der Waals surface area contributed by atoms with E-state index in [4.69, 9.17) is 0 Å². The molecule has 1 amide bonds. The minimum Gasteiger partial charge on any atom is -0.324 e. The molecule has 2 N–H and O–H groups in total. The monoisotopic (exact) mass is 284 g/mol. The van der Waals surface area contributed by atoms with Crippen LogP contribution < -0.4 is 10.6 Å². The topological polar surface area (TPSA) is 41.1 Å². The summed E-state index contributed by atoms with van der Waals surface area (Å²) in [5.41, 5.74) is 3.04. The van der Waals surface area contributed by atoms with Gasteiger partial charge in [-0.2, -0.15) is 0 Å². The molecule has 0 aromatic heterocycles. The second-order valence-corrected chi connectivity index (χ2v) is 4.66. The fourth-order valence-corrected chi connectivity index (χ4v) is 2.22. The molecule has 0 heterocycles. The van der Waals surface area contributed by atoms with Crippen LogP contribution in [0.1, 0.15) is 18.1 Å². The summed E-state index contributed by atoms with van der Waals surface area (Å²) in [6, 6.07) is 3.99. The first-order chi connectivity index (χ1) is 7.54. The van der Waals surface area contributed by atoms with Crippen LogP contribution in [0, 0.1) is 13.8 Å². The predicted molar refractivity (Wildman–Crippen MR) is 70.8 cm³/mol. The van der Waals surface area contributed by atoms with Crippen molar-refractivity contribution in [3.8, 4) is 0 Å². The lowest BCUT2D eigenvalue weighted by Gasteiger charge is -2.12. The van der Waals surface area contributed by atoms with E-state index in [1.807, 2.05) is 32.9 Å². The highest BCUT2D eigenvalue weighted by molar-refractivity contribution is 9.10. The molecule has 0 saturated heterocycles. The van der Waals surface area contributed by atoms with E-state index < -0.39 is 0 Å². The molecule has 0 spiro atoms. The van der Waals surface area contributed by atoms with Crippen LogP contribution in [0.25, 0.3) is 0 Å². The summed E-state index contributed by atoms with van der Waals surface area (Å²) in [5, 5.41) is 5.92. The summed E-state index contributed by atoms with van der Waals surface area (Å²) in [7, 11) is 0. The number of likely N-dealkylation sites (N-methyl/N-ethyl adjacent to an activating group) is 1. The summed E-state index contributed by atoms with van der Waals surface area (Å²) >= 11 is 3.43. The zero-order valence-electron chi connectivity index (χ0n) is 9.86. The molecule has 0 fully saturated rings. The maximum Gasteiger partial charge on any atom is 0.238 e. The smallest absolute Gasteiger partial charge is 0.238 e. The van der Waals surface area contributed by atoms with Crippen LogP contribution >= 0.6 is 15.9 Å². The van der Waals surface area contributed by atoms with Gasteiger partial charge in [-0.15, -0.1) is 0 Å². The van der Waals surface area contributed by atoms with Crippen LogP contribution in [0.5, 0.6) is 0 Å². The first kappa shape index (κ1) is 13.2. The Kier molecular flexibility index (Phi) is 4.96. The van der Waals surface area contributed by atoms with Gasteiger partial charge in [0.25, 0.3) is 0 Å². The molecule has 0 saturated carbocycles. The third-order valence-electron chi connectivity index (χ3n) is 2.30. The van der Waals surface area contributed by atoms with Gasteiger partial charge in [0.2, 0.25) is 5.91 Å². The summed E-state index contributed by atoms with van der Waals surface area (Å²) in [5.74, 6) is -0.00428. The van der Waals surface area contributed by atoms with Gasteiger partial charge in [-0.25, -0.2) is 0 Å². The van der Waals surface area contributed by atoms with E-state index in [1.54, 1.807) is 0 Å². The second kappa shape index (κ2) is 6.01. The minimum absolute atomic E-state index is 0.00428. The largest absolute Gasteiger partial charge is 0.324 e. The number of halogens is 1. The number of hydrogen-bond donors (Lipinski definition) is 2. The number of nitrogens with one attached hydrogen (secondary N) is 2. The Morgan fingerprint density at radius 2 is 1.88 bits per heavy atom. The van der Waals surface area contributed by atoms with Crippen LogP contribution in [-0.4, -0.2) is 19.0 Å². The molecule has 1 aromatic rings. The SMILES string of the molecule is CCNCC(=O)Nc1c(C)cc(Br)cc1C. The molecule has 0 radical (unpaired) electrons. The van der Waals surface area contributed by atoms with Crippen molar-refractivity contribution in [2.45, 2.75) is 20.8 Å². The molecular weight excluding hydrogens is 268 g/mol. The number of aryl methyl sites for hydroxylation is 2. The molecule has 3 nitrogen and oxygen atoms in total. The van der Waals surface area contributed by atoms with Crippen molar-refractivity contribution in [3.05, 3.63) is 27.7 Å². The van der Waals surface area contributed by atoms with Crippen molar-refractivity contribution in [1.82, 2.24) is 5.32 Å². The van der Waals surface area contributed by atoms with E-state index in [9.17, 15) is 4.79 Å². The van der Waals surface area contributed by atoms with E-state index in [0.29, 0.717) is 6.54 Å². The highest BCUT2D eigenvalue weighted by atomic mass is 79.9. The van der Waals surface area contributed by atoms with Gasteiger partial charge in [0.15, 0.2) is 0 Å². The molecule has 1 rings (SSSR count). The maximum atomic E-state index is 11.6. The van der Waals surface area contributed by atoms with Crippen LogP contribution in [0.15, 0.2) is 16.6 Å². The lowest BCUT2D eigenvalue weighted by molar-refractivity contribution is -0.115. The van der Waals surface area contributed by atoms with Gasteiger partial charge in [0, 0.05) is 10.2 Å². The summed E-state index contributed by atoms with van der Waals surface area (Å²) in [6.45, 7) is 7.10. The van der Waals surface area contributed by atoms with Crippen LogP contribution in [0.3, 0.4) is 0 Å². The normalized spacial score (nSPS) is 10.2. The van der Waals surface area contributed by atoms with Gasteiger partial charge >= 0.3 is 0 Å². The molecule has 0 aliphatic rings. The summed E-state index contributed by atoms with van der Waals surface area (Å²) in [6.07, 6.45) is 0. The van der Waals surface area contributed by atoms with Crippen molar-refractivity contribution in [1.29, 1.82) is 0 Å². The molecule has 16 heavy (non-hydrogen) atoms. The quantitative estimate of drug-likeness (QED) is 0.893. The Morgan fingerprint density at radius 1 is 1.31 bits per heavy atom. The van der Waals surface area contributed by atoms with Gasteiger partial charge < -0.3 is 10.6 Å². The third kappa shape index (κ3) is 3.61. The minimum atomic E-state index is -0.00428. The van der Waals surface area contributed by atoms with Crippen molar-refractivity contribution in [2.75, 3.05) is 18.4 Å². The van der Waals surface area contributed by atoms with E-state index >= 15 is 0 Å². The summed E-state index contributed by atoms with van der Waals surface area (Å²) < 4.78 is 1.03. The van der Waals surface area contributed by atoms with E-state index in [1.165, 1.54) is 0 Å². The molecule has 0 bridgehead atoms. The number of hydrogen-bond acceptors (Lipinski definition) is 2. The highest BCUT2D eigenvalue weighted by Crippen LogP contribution is 2.24. The Bertz CT molecular complexity index is 368. The van der Waals surface area contributed by atoms with E-state index in [-0.39, 0.29) is 5.91 Å². The number of benzene rings is 1. The zero-order valence-corrected chi connectivity index (χ0v) is 11.4. The first-order valence-electron chi connectivity index (χ1n) is 5.32. The maximum absolute atomic E-state index is 11.6. The van der Waals surface area contributed by atoms with Crippen molar-refractivity contribution < 1.29 is 4.79 Å². The lowest BCUT2D eigenvalue weighted by Crippen LogP contribution is -2.28. The molecule has 0 aliphatic heterocycles. The fraction of sp³-hybridized carbons (Fsp3) is 0.417. The van der Waals surface area contributed by atoms with Gasteiger partial charge in [-0.1, -0.05) is 22.9 Å². The van der Waals surface area contributed by atoms with Crippen LogP contribution in [0.4, 0.5) is 5.69 Å².